The smallest absolute Gasteiger partial charge is 0.323 e. The molecular weight excluding hydrogens is 294 g/mol. The minimum Gasteiger partial charge on any atom is -0.481 e. The van der Waals surface area contributed by atoms with Crippen LogP contribution in [0.2, 0.25) is 0 Å². The van der Waals surface area contributed by atoms with Crippen LogP contribution in [-0.4, -0.2) is 61.8 Å². The third-order valence-electron chi connectivity index (χ3n) is 2.88. The van der Waals surface area contributed by atoms with E-state index >= 15 is 0 Å². The third-order valence-corrected chi connectivity index (χ3v) is 2.88. The Kier molecular flexibility index (Phi) is 15.7. The summed E-state index contributed by atoms with van der Waals surface area (Å²) in [5, 5.41) is 42.0. The molecule has 0 heterocycles. The van der Waals surface area contributed by atoms with E-state index in [2.05, 4.69) is 0 Å². The van der Waals surface area contributed by atoms with Crippen molar-refractivity contribution in [2.45, 2.75) is 65.9 Å². The van der Waals surface area contributed by atoms with E-state index in [0.29, 0.717) is 5.92 Å². The van der Waals surface area contributed by atoms with Crippen molar-refractivity contribution in [1.29, 1.82) is 0 Å². The molecule has 0 rings (SSSR count). The van der Waals surface area contributed by atoms with Crippen molar-refractivity contribution in [3.8, 4) is 0 Å². The SMILES string of the molecule is CC(C)[C@@H](C)O.C[C@@H](O)[C@H](N)C(=O)O.C[C@H](C(=O)O)[C@@H](C)O. The minimum atomic E-state index is -1.18. The number of aliphatic hydroxyl groups excluding tert-OH is 3. The van der Waals surface area contributed by atoms with E-state index in [1.54, 1.807) is 6.92 Å². The minimum absolute atomic E-state index is 0.148. The van der Waals surface area contributed by atoms with Gasteiger partial charge >= 0.3 is 11.9 Å². The van der Waals surface area contributed by atoms with Crippen molar-refractivity contribution in [2.24, 2.45) is 17.6 Å². The van der Waals surface area contributed by atoms with Crippen LogP contribution in [0, 0.1) is 11.8 Å². The van der Waals surface area contributed by atoms with Crippen molar-refractivity contribution in [1.82, 2.24) is 0 Å². The molecule has 0 aromatic rings. The second-order valence-corrected chi connectivity index (χ2v) is 5.46. The molecule has 0 aromatic carbocycles. The summed E-state index contributed by atoms with van der Waals surface area (Å²) in [5.74, 6) is -2.39. The Balaban J connectivity index is -0.000000249. The van der Waals surface area contributed by atoms with Crippen molar-refractivity contribution < 1.29 is 35.1 Å². The first-order valence-electron chi connectivity index (χ1n) is 7.00. The summed E-state index contributed by atoms with van der Waals surface area (Å²) in [4.78, 5) is 19.8. The molecule has 0 fully saturated rings. The lowest BCUT2D eigenvalue weighted by Crippen LogP contribution is -2.39. The Morgan fingerprint density at radius 3 is 1.05 bits per heavy atom. The second-order valence-electron chi connectivity index (χ2n) is 5.46. The van der Waals surface area contributed by atoms with Gasteiger partial charge in [-0.3, -0.25) is 9.59 Å². The van der Waals surface area contributed by atoms with Gasteiger partial charge in [0.1, 0.15) is 6.04 Å². The van der Waals surface area contributed by atoms with Crippen LogP contribution in [0.15, 0.2) is 0 Å². The Morgan fingerprint density at radius 1 is 0.727 bits per heavy atom. The number of carboxylic acids is 2. The molecule has 0 aliphatic rings. The van der Waals surface area contributed by atoms with Gasteiger partial charge in [-0.1, -0.05) is 13.8 Å². The molecule has 0 saturated carbocycles. The van der Waals surface area contributed by atoms with Gasteiger partial charge in [-0.05, 0) is 33.6 Å². The highest BCUT2D eigenvalue weighted by Gasteiger charge is 2.16. The highest BCUT2D eigenvalue weighted by atomic mass is 16.4. The molecule has 0 amide bonds. The molecule has 0 aromatic heterocycles. The van der Waals surface area contributed by atoms with Crippen LogP contribution in [0.25, 0.3) is 0 Å². The largest absolute Gasteiger partial charge is 0.481 e. The average Bonchev–Trinajstić information content (AvgIpc) is 2.37. The summed E-state index contributed by atoms with van der Waals surface area (Å²) < 4.78 is 0. The van der Waals surface area contributed by atoms with Gasteiger partial charge in [0.2, 0.25) is 0 Å². The van der Waals surface area contributed by atoms with Crippen molar-refractivity contribution in [2.75, 3.05) is 0 Å². The molecule has 8 heteroatoms. The summed E-state index contributed by atoms with van der Waals surface area (Å²) in [6, 6.07) is -1.16. The topological polar surface area (TPSA) is 161 Å². The molecule has 5 atom stereocenters. The lowest BCUT2D eigenvalue weighted by molar-refractivity contribution is -0.144. The highest BCUT2D eigenvalue weighted by molar-refractivity contribution is 5.73. The molecule has 22 heavy (non-hydrogen) atoms. The zero-order valence-corrected chi connectivity index (χ0v) is 14.1. The molecule has 0 bridgehead atoms. The summed E-state index contributed by atoms with van der Waals surface area (Å²) in [6.45, 7) is 10.0. The lowest BCUT2D eigenvalue weighted by atomic mass is 10.1. The molecule has 8 nitrogen and oxygen atoms in total. The van der Waals surface area contributed by atoms with Crippen LogP contribution in [0.3, 0.4) is 0 Å². The molecule has 0 saturated heterocycles. The number of rotatable bonds is 5. The molecule has 134 valence electrons. The first kappa shape index (κ1) is 25.7. The Bertz CT molecular complexity index is 274. The summed E-state index contributed by atoms with van der Waals surface area (Å²) in [5.41, 5.74) is 4.91. The van der Waals surface area contributed by atoms with E-state index in [1.807, 2.05) is 13.8 Å². The molecular formula is C14H31NO7. The predicted molar refractivity (Wildman–Crippen MR) is 82.3 cm³/mol. The summed E-state index contributed by atoms with van der Waals surface area (Å²) in [6.07, 6.45) is -1.88. The number of aliphatic carboxylic acids is 2. The Morgan fingerprint density at radius 2 is 1.05 bits per heavy atom. The maximum Gasteiger partial charge on any atom is 0.323 e. The van der Waals surface area contributed by atoms with Crippen molar-refractivity contribution >= 4 is 11.9 Å². The van der Waals surface area contributed by atoms with E-state index in [9.17, 15) is 9.59 Å². The number of carboxylic acid groups (broad SMARTS) is 2. The van der Waals surface area contributed by atoms with Gasteiger partial charge in [0, 0.05) is 0 Å². The molecule has 0 aliphatic heterocycles. The van der Waals surface area contributed by atoms with Crippen molar-refractivity contribution in [3.63, 3.8) is 0 Å². The van der Waals surface area contributed by atoms with Crippen LogP contribution >= 0.6 is 0 Å². The second kappa shape index (κ2) is 13.4. The molecule has 0 aliphatic carbocycles. The summed E-state index contributed by atoms with van der Waals surface area (Å²) in [7, 11) is 0. The van der Waals surface area contributed by atoms with Gasteiger partial charge in [0.05, 0.1) is 24.2 Å². The van der Waals surface area contributed by atoms with Gasteiger partial charge in [-0.25, -0.2) is 0 Å². The van der Waals surface area contributed by atoms with Gasteiger partial charge in [-0.15, -0.1) is 0 Å². The lowest BCUT2D eigenvalue weighted by Gasteiger charge is -2.06. The predicted octanol–water partition coefficient (Wildman–Crippen LogP) is -0.110. The fourth-order valence-electron chi connectivity index (χ4n) is 0.413. The third kappa shape index (κ3) is 16.8. The number of hydrogen-bond donors (Lipinski definition) is 6. The van der Waals surface area contributed by atoms with Crippen LogP contribution < -0.4 is 5.73 Å². The number of aliphatic hydroxyl groups is 3. The quantitative estimate of drug-likeness (QED) is 0.408. The summed E-state index contributed by atoms with van der Waals surface area (Å²) >= 11 is 0. The number of hydrogen-bond acceptors (Lipinski definition) is 6. The van der Waals surface area contributed by atoms with Gasteiger partial charge in [0.15, 0.2) is 0 Å². The molecule has 0 radical (unpaired) electrons. The highest BCUT2D eigenvalue weighted by Crippen LogP contribution is 2.00. The monoisotopic (exact) mass is 325 g/mol. The van der Waals surface area contributed by atoms with E-state index in [0.717, 1.165) is 0 Å². The fourth-order valence-corrected chi connectivity index (χ4v) is 0.413. The van der Waals surface area contributed by atoms with E-state index in [1.165, 1.54) is 20.8 Å². The Hall–Kier alpha value is -1.22. The first-order chi connectivity index (χ1) is 9.75. The molecule has 0 spiro atoms. The zero-order valence-electron chi connectivity index (χ0n) is 14.1. The number of carbonyl (C=O) groups is 2. The van der Waals surface area contributed by atoms with Gasteiger partial charge in [-0.2, -0.15) is 0 Å². The van der Waals surface area contributed by atoms with Crippen LogP contribution in [0.5, 0.6) is 0 Å². The van der Waals surface area contributed by atoms with Crippen LogP contribution in [0.4, 0.5) is 0 Å². The van der Waals surface area contributed by atoms with Crippen LogP contribution in [-0.2, 0) is 9.59 Å². The van der Waals surface area contributed by atoms with E-state index < -0.39 is 36.1 Å². The van der Waals surface area contributed by atoms with Gasteiger partial charge < -0.3 is 31.3 Å². The first-order valence-corrected chi connectivity index (χ1v) is 7.00. The maximum atomic E-state index is 9.98. The van der Waals surface area contributed by atoms with Crippen LogP contribution in [0.1, 0.15) is 41.5 Å². The number of nitrogens with two attached hydrogens (primary N) is 1. The van der Waals surface area contributed by atoms with E-state index in [-0.39, 0.29) is 6.10 Å². The molecule has 7 N–H and O–H groups in total. The average molecular weight is 325 g/mol. The molecule has 0 unspecified atom stereocenters. The Labute approximate surface area is 131 Å². The standard InChI is InChI=1S/C5H10O3.C5H12O.C4H9NO3/c1-3(4(2)6)5(7)8;1-4(2)5(3)6;1-2(6)3(5)4(7)8/h3-4,6H,1-2H3,(H,7,8);4-6H,1-3H3;2-3,6H,5H2,1H3,(H,7,8)/t3-,4+;5-;2-,3+/m011/s1. The van der Waals surface area contributed by atoms with Gasteiger partial charge in [0.25, 0.3) is 0 Å². The normalized spacial score (nSPS) is 16.9. The van der Waals surface area contributed by atoms with Crippen molar-refractivity contribution in [3.05, 3.63) is 0 Å². The zero-order chi connectivity index (χ0) is 18.6. The van der Waals surface area contributed by atoms with E-state index in [4.69, 9.17) is 31.3 Å². The fraction of sp³-hybridized carbons (Fsp3) is 0.857. The maximum absolute atomic E-state index is 9.98.